The summed E-state index contributed by atoms with van der Waals surface area (Å²) >= 11 is 0. The number of hydrogen-bond donors (Lipinski definition) is 4. The summed E-state index contributed by atoms with van der Waals surface area (Å²) in [6, 6.07) is 14.8. The number of likely N-dealkylation sites (tertiary alicyclic amines) is 1. The molecule has 28 heavy (non-hydrogen) atoms. The Morgan fingerprint density at radius 3 is 2.96 bits per heavy atom. The van der Waals surface area contributed by atoms with Crippen molar-refractivity contribution < 1.29 is 8.42 Å². The van der Waals surface area contributed by atoms with E-state index in [4.69, 9.17) is 0 Å². The number of aromatic nitrogens is 2. The maximum atomic E-state index is 10.7. The lowest BCUT2D eigenvalue weighted by atomic mass is 10.0. The number of anilines is 1. The third-order valence-electron chi connectivity index (χ3n) is 5.13. The van der Waals surface area contributed by atoms with Crippen LogP contribution in [0.15, 0.2) is 48.7 Å². The molecule has 0 saturated carbocycles. The van der Waals surface area contributed by atoms with E-state index in [9.17, 15) is 8.42 Å². The van der Waals surface area contributed by atoms with E-state index in [1.165, 1.54) is 5.56 Å². The molecule has 7 nitrogen and oxygen atoms in total. The second kappa shape index (κ2) is 8.72. The number of aromatic amines is 1. The van der Waals surface area contributed by atoms with Crippen LogP contribution in [0.3, 0.4) is 0 Å². The zero-order valence-electron chi connectivity index (χ0n) is 15.6. The average Bonchev–Trinajstić information content (AvgIpc) is 3.15. The second-order valence-corrected chi connectivity index (χ2v) is 8.13. The zero-order chi connectivity index (χ0) is 19.3. The summed E-state index contributed by atoms with van der Waals surface area (Å²) in [5.74, 6) is 0. The summed E-state index contributed by atoms with van der Waals surface area (Å²) in [6.07, 6.45) is 4.16. The number of rotatable bonds is 7. The predicted octanol–water partition coefficient (Wildman–Crippen LogP) is 2.26. The maximum absolute atomic E-state index is 10.7. The molecule has 2 aromatic carbocycles. The standard InChI is InChI=1S/C20H25N5O2S/c26-28(27)22-11-15-3-1-4-16(9-15)13-25-8-2-5-19(14-25)23-18-6-7-20-17(10-18)12-21-24-20/h1,3-4,6-7,9-10,12,19,23,28H,2,5,8,11,13-14H2,(H,21,24)(H,22,26,27). The summed E-state index contributed by atoms with van der Waals surface area (Å²) in [5, 5.41) is 11.8. The number of hydrogen-bond acceptors (Lipinski definition) is 5. The fraction of sp³-hybridized carbons (Fsp3) is 0.350. The van der Waals surface area contributed by atoms with E-state index in [1.54, 1.807) is 0 Å². The smallest absolute Gasteiger partial charge is 0.201 e. The molecular formula is C20H25N5O2S. The van der Waals surface area contributed by atoms with Crippen molar-refractivity contribution >= 4 is 27.5 Å². The summed E-state index contributed by atoms with van der Waals surface area (Å²) in [5.41, 5.74) is 4.37. The highest BCUT2D eigenvalue weighted by molar-refractivity contribution is 7.70. The lowest BCUT2D eigenvalue weighted by Crippen LogP contribution is -2.41. The van der Waals surface area contributed by atoms with Gasteiger partial charge in [-0.15, -0.1) is 0 Å². The fourth-order valence-corrected chi connectivity index (χ4v) is 4.15. The van der Waals surface area contributed by atoms with Crippen LogP contribution < -0.4 is 10.0 Å². The van der Waals surface area contributed by atoms with Crippen molar-refractivity contribution in [3.05, 3.63) is 59.8 Å². The second-order valence-electron chi connectivity index (χ2n) is 7.30. The normalized spacial score (nSPS) is 18.0. The van der Waals surface area contributed by atoms with Crippen LogP contribution in [0.4, 0.5) is 5.69 Å². The number of H-pyrrole nitrogens is 1. The van der Waals surface area contributed by atoms with Gasteiger partial charge in [-0.1, -0.05) is 24.3 Å². The minimum Gasteiger partial charge on any atom is -0.381 e. The van der Waals surface area contributed by atoms with E-state index in [-0.39, 0.29) is 0 Å². The summed E-state index contributed by atoms with van der Waals surface area (Å²) in [7, 11) is -2.56. The van der Waals surface area contributed by atoms with Crippen molar-refractivity contribution in [1.82, 2.24) is 19.8 Å². The number of piperidine rings is 1. The first kappa shape index (κ1) is 18.9. The first-order valence-electron chi connectivity index (χ1n) is 9.53. The van der Waals surface area contributed by atoms with Crippen molar-refractivity contribution in [2.45, 2.75) is 32.0 Å². The van der Waals surface area contributed by atoms with E-state index < -0.39 is 10.9 Å². The van der Waals surface area contributed by atoms with Crippen molar-refractivity contribution in [2.75, 3.05) is 18.4 Å². The van der Waals surface area contributed by atoms with Gasteiger partial charge in [0.1, 0.15) is 0 Å². The number of thiol groups is 1. The molecule has 1 saturated heterocycles. The van der Waals surface area contributed by atoms with Gasteiger partial charge in [0.2, 0.25) is 10.9 Å². The highest BCUT2D eigenvalue weighted by Gasteiger charge is 2.20. The Morgan fingerprint density at radius 1 is 1.18 bits per heavy atom. The van der Waals surface area contributed by atoms with E-state index in [0.717, 1.165) is 54.6 Å². The quantitative estimate of drug-likeness (QED) is 0.458. The number of fused-ring (bicyclic) bond motifs is 1. The molecule has 1 atom stereocenters. The SMILES string of the molecule is O=[SH](=O)NCc1cccc(CN2CCCC(Nc3ccc4[nH]ncc4c3)C2)c1. The van der Waals surface area contributed by atoms with Crippen LogP contribution in [-0.2, 0) is 24.0 Å². The lowest BCUT2D eigenvalue weighted by molar-refractivity contribution is 0.208. The maximum Gasteiger partial charge on any atom is 0.201 e. The molecule has 148 valence electrons. The molecule has 3 N–H and O–H groups in total. The predicted molar refractivity (Wildman–Crippen MR) is 112 cm³/mol. The molecule has 1 unspecified atom stereocenters. The molecule has 0 bridgehead atoms. The van der Waals surface area contributed by atoms with Crippen LogP contribution in [0.5, 0.6) is 0 Å². The van der Waals surface area contributed by atoms with Gasteiger partial charge in [-0.05, 0) is 48.7 Å². The molecule has 2 heterocycles. The molecular weight excluding hydrogens is 374 g/mol. The van der Waals surface area contributed by atoms with Gasteiger partial charge < -0.3 is 5.32 Å². The van der Waals surface area contributed by atoms with Gasteiger partial charge in [-0.2, -0.15) is 5.10 Å². The minimum atomic E-state index is -2.56. The topological polar surface area (TPSA) is 90.1 Å². The van der Waals surface area contributed by atoms with Gasteiger partial charge in [0.15, 0.2) is 0 Å². The Kier molecular flexibility index (Phi) is 5.90. The molecule has 4 rings (SSSR count). The molecule has 1 aromatic heterocycles. The number of nitrogens with one attached hydrogen (secondary N) is 3. The molecule has 0 radical (unpaired) electrons. The summed E-state index contributed by atoms with van der Waals surface area (Å²) in [4.78, 5) is 2.46. The van der Waals surface area contributed by atoms with E-state index in [2.05, 4.69) is 55.5 Å². The van der Waals surface area contributed by atoms with E-state index in [1.807, 2.05) is 18.3 Å². The van der Waals surface area contributed by atoms with Gasteiger partial charge in [0.05, 0.1) is 11.7 Å². The van der Waals surface area contributed by atoms with Crippen LogP contribution in [0.25, 0.3) is 10.9 Å². The third kappa shape index (κ3) is 4.89. The van der Waals surface area contributed by atoms with E-state index >= 15 is 0 Å². The largest absolute Gasteiger partial charge is 0.381 e. The molecule has 1 aliphatic rings. The van der Waals surface area contributed by atoms with Gasteiger partial charge in [-0.3, -0.25) is 10.00 Å². The average molecular weight is 400 g/mol. The van der Waals surface area contributed by atoms with Gasteiger partial charge in [0.25, 0.3) is 0 Å². The van der Waals surface area contributed by atoms with Crippen LogP contribution >= 0.6 is 0 Å². The first-order chi connectivity index (χ1) is 13.7. The third-order valence-corrected chi connectivity index (χ3v) is 5.54. The highest BCUT2D eigenvalue weighted by atomic mass is 32.2. The first-order valence-corrected chi connectivity index (χ1v) is 10.7. The molecule has 0 spiro atoms. The summed E-state index contributed by atoms with van der Waals surface area (Å²) in [6.45, 7) is 3.27. The van der Waals surface area contributed by atoms with Crippen molar-refractivity contribution in [3.8, 4) is 0 Å². The molecule has 1 fully saturated rings. The van der Waals surface area contributed by atoms with Crippen molar-refractivity contribution in [2.24, 2.45) is 0 Å². The van der Waals surface area contributed by atoms with Gasteiger partial charge in [-0.25, -0.2) is 13.1 Å². The molecule has 1 aliphatic heterocycles. The Labute approximate surface area is 166 Å². The fourth-order valence-electron chi connectivity index (χ4n) is 3.84. The van der Waals surface area contributed by atoms with Gasteiger partial charge >= 0.3 is 0 Å². The van der Waals surface area contributed by atoms with Crippen LogP contribution in [0.2, 0.25) is 0 Å². The van der Waals surface area contributed by atoms with Crippen molar-refractivity contribution in [3.63, 3.8) is 0 Å². The lowest BCUT2D eigenvalue weighted by Gasteiger charge is -2.33. The van der Waals surface area contributed by atoms with Gasteiger partial charge in [0, 0.05) is 36.7 Å². The molecule has 0 amide bonds. The van der Waals surface area contributed by atoms with E-state index in [0.29, 0.717) is 12.6 Å². The van der Waals surface area contributed by atoms with Crippen LogP contribution in [-0.4, -0.2) is 42.6 Å². The van der Waals surface area contributed by atoms with Crippen LogP contribution in [0, 0.1) is 0 Å². The molecule has 3 aromatic rings. The Morgan fingerprint density at radius 2 is 2.07 bits per heavy atom. The Hall–Kier alpha value is -2.42. The summed E-state index contributed by atoms with van der Waals surface area (Å²) < 4.78 is 23.9. The monoisotopic (exact) mass is 399 g/mol. The van der Waals surface area contributed by atoms with Crippen LogP contribution in [0.1, 0.15) is 24.0 Å². The minimum absolute atomic E-state index is 0.340. The Balaban J connectivity index is 1.36. The molecule has 0 aliphatic carbocycles. The number of nitrogens with zero attached hydrogens (tertiary/aromatic N) is 2. The van der Waals surface area contributed by atoms with Crippen molar-refractivity contribution in [1.29, 1.82) is 0 Å². The highest BCUT2D eigenvalue weighted by Crippen LogP contribution is 2.21. The Bertz CT molecular complexity index is 1010. The molecule has 8 heteroatoms. The number of benzene rings is 2. The zero-order valence-corrected chi connectivity index (χ0v) is 16.5.